The van der Waals surface area contributed by atoms with Crippen LogP contribution in [-0.4, -0.2) is 17.1 Å². The van der Waals surface area contributed by atoms with Gasteiger partial charge in [0.2, 0.25) is 0 Å². The zero-order valence-electron chi connectivity index (χ0n) is 9.64. The first-order valence-electron chi connectivity index (χ1n) is 5.12. The second kappa shape index (κ2) is 5.28. The minimum atomic E-state index is -0.406. The number of methoxy groups -OCH3 is 1. The van der Waals surface area contributed by atoms with Crippen molar-refractivity contribution in [3.8, 4) is 5.75 Å². The largest absolute Gasteiger partial charge is 0.497 e. The molecule has 1 aromatic heterocycles. The van der Waals surface area contributed by atoms with Gasteiger partial charge in [0.05, 0.1) is 12.8 Å². The van der Waals surface area contributed by atoms with Crippen LogP contribution in [-0.2, 0) is 0 Å². The minimum Gasteiger partial charge on any atom is -0.497 e. The average Bonchev–Trinajstić information content (AvgIpc) is 2.41. The van der Waals surface area contributed by atoms with Gasteiger partial charge in [0.1, 0.15) is 29.5 Å². The Bertz CT molecular complexity index is 549. The van der Waals surface area contributed by atoms with E-state index in [0.29, 0.717) is 17.4 Å². The van der Waals surface area contributed by atoms with Crippen molar-refractivity contribution in [1.82, 2.24) is 9.97 Å². The summed E-state index contributed by atoms with van der Waals surface area (Å²) in [4.78, 5) is 7.80. The van der Waals surface area contributed by atoms with E-state index in [4.69, 9.17) is 10.6 Å². The Labute approximate surface area is 103 Å². The van der Waals surface area contributed by atoms with Crippen LogP contribution in [0.3, 0.4) is 0 Å². The van der Waals surface area contributed by atoms with E-state index in [-0.39, 0.29) is 5.69 Å². The molecule has 4 N–H and O–H groups in total. The highest BCUT2D eigenvalue weighted by atomic mass is 19.1. The molecule has 1 heterocycles. The summed E-state index contributed by atoms with van der Waals surface area (Å²) in [7, 11) is 1.51. The molecule has 2 rings (SSSR count). The third kappa shape index (κ3) is 2.64. The average molecular weight is 249 g/mol. The van der Waals surface area contributed by atoms with Gasteiger partial charge in [-0.05, 0) is 12.1 Å². The lowest BCUT2D eigenvalue weighted by Gasteiger charge is -2.09. The van der Waals surface area contributed by atoms with Gasteiger partial charge in [0.15, 0.2) is 0 Å². The molecule has 0 bridgehead atoms. The summed E-state index contributed by atoms with van der Waals surface area (Å²) in [5.74, 6) is 6.21. The van der Waals surface area contributed by atoms with Crippen LogP contribution in [0.15, 0.2) is 30.6 Å². The third-order valence-corrected chi connectivity index (χ3v) is 2.25. The molecule has 0 saturated heterocycles. The maximum atomic E-state index is 13.6. The molecule has 0 aliphatic heterocycles. The van der Waals surface area contributed by atoms with Crippen molar-refractivity contribution < 1.29 is 9.13 Å². The smallest absolute Gasteiger partial charge is 0.146 e. The molecule has 6 nitrogen and oxygen atoms in total. The van der Waals surface area contributed by atoms with E-state index in [1.807, 2.05) is 0 Å². The molecule has 0 amide bonds. The topological polar surface area (TPSA) is 85.1 Å². The lowest BCUT2D eigenvalue weighted by Crippen LogP contribution is -2.09. The van der Waals surface area contributed by atoms with Crippen LogP contribution in [0, 0.1) is 5.82 Å². The van der Waals surface area contributed by atoms with Crippen LogP contribution in [0.4, 0.5) is 21.7 Å². The number of nitrogen functional groups attached to an aromatic ring is 1. The standard InChI is InChI=1S/C11H12FN5O/c1-18-7-2-3-8(12)9(4-7)16-10-5-11(17-13)15-6-14-10/h2-6H,13H2,1H3,(H2,14,15,16,17). The predicted molar refractivity (Wildman–Crippen MR) is 66.1 cm³/mol. The van der Waals surface area contributed by atoms with Gasteiger partial charge in [-0.3, -0.25) is 0 Å². The number of halogens is 1. The zero-order valence-corrected chi connectivity index (χ0v) is 9.64. The molecule has 2 aromatic rings. The lowest BCUT2D eigenvalue weighted by atomic mass is 10.3. The summed E-state index contributed by atoms with van der Waals surface area (Å²) in [6, 6.07) is 5.93. The van der Waals surface area contributed by atoms with E-state index in [1.165, 1.54) is 31.6 Å². The summed E-state index contributed by atoms with van der Waals surface area (Å²) in [5, 5.41) is 2.82. The Morgan fingerprint density at radius 1 is 1.22 bits per heavy atom. The van der Waals surface area contributed by atoms with Crippen molar-refractivity contribution in [2.75, 3.05) is 17.9 Å². The Kier molecular flexibility index (Phi) is 3.54. The number of hydrogen-bond donors (Lipinski definition) is 3. The molecule has 0 spiro atoms. The van der Waals surface area contributed by atoms with Crippen LogP contribution in [0.2, 0.25) is 0 Å². The maximum Gasteiger partial charge on any atom is 0.146 e. The molecule has 0 radical (unpaired) electrons. The van der Waals surface area contributed by atoms with Gasteiger partial charge in [0.25, 0.3) is 0 Å². The molecule has 94 valence electrons. The number of ether oxygens (including phenoxy) is 1. The highest BCUT2D eigenvalue weighted by Crippen LogP contribution is 2.24. The SMILES string of the molecule is COc1ccc(F)c(Nc2cc(NN)ncn2)c1. The first-order valence-corrected chi connectivity index (χ1v) is 5.12. The quantitative estimate of drug-likeness (QED) is 0.564. The number of nitrogens with two attached hydrogens (primary N) is 1. The normalized spacial score (nSPS) is 9.94. The first-order chi connectivity index (χ1) is 8.72. The fourth-order valence-corrected chi connectivity index (χ4v) is 1.37. The zero-order chi connectivity index (χ0) is 13.0. The van der Waals surface area contributed by atoms with E-state index >= 15 is 0 Å². The molecule has 7 heteroatoms. The molecule has 0 fully saturated rings. The first kappa shape index (κ1) is 12.1. The Balaban J connectivity index is 2.27. The molecular formula is C11H12FN5O. The summed E-state index contributed by atoms with van der Waals surface area (Å²) >= 11 is 0. The number of anilines is 3. The molecule has 1 aromatic carbocycles. The maximum absolute atomic E-state index is 13.6. The highest BCUT2D eigenvalue weighted by molar-refractivity contribution is 5.60. The minimum absolute atomic E-state index is 0.260. The summed E-state index contributed by atoms with van der Waals surface area (Å²) < 4.78 is 18.6. The fraction of sp³-hybridized carbons (Fsp3) is 0.0909. The molecule has 0 aliphatic rings. The fourth-order valence-electron chi connectivity index (χ4n) is 1.37. The van der Waals surface area contributed by atoms with E-state index in [1.54, 1.807) is 6.07 Å². The third-order valence-electron chi connectivity index (χ3n) is 2.25. The van der Waals surface area contributed by atoms with E-state index in [2.05, 4.69) is 20.7 Å². The number of nitrogens with one attached hydrogen (secondary N) is 2. The number of rotatable bonds is 4. The molecule has 0 aliphatic carbocycles. The van der Waals surface area contributed by atoms with Crippen molar-refractivity contribution in [1.29, 1.82) is 0 Å². The Hall–Kier alpha value is -2.41. The van der Waals surface area contributed by atoms with E-state index in [0.717, 1.165) is 0 Å². The Morgan fingerprint density at radius 2 is 2.00 bits per heavy atom. The van der Waals surface area contributed by atoms with Gasteiger partial charge in [-0.25, -0.2) is 20.2 Å². The monoisotopic (exact) mass is 249 g/mol. The second-order valence-electron chi connectivity index (χ2n) is 3.40. The number of hydrogen-bond acceptors (Lipinski definition) is 6. The molecule has 0 saturated carbocycles. The van der Waals surface area contributed by atoms with Crippen LogP contribution < -0.4 is 21.3 Å². The summed E-state index contributed by atoms with van der Waals surface area (Å²) in [5.41, 5.74) is 2.64. The van der Waals surface area contributed by atoms with Crippen LogP contribution in [0.5, 0.6) is 5.75 Å². The van der Waals surface area contributed by atoms with Gasteiger partial charge in [-0.2, -0.15) is 0 Å². The van der Waals surface area contributed by atoms with Crippen molar-refractivity contribution >= 4 is 17.3 Å². The van der Waals surface area contributed by atoms with Crippen molar-refractivity contribution in [3.05, 3.63) is 36.4 Å². The molecule has 18 heavy (non-hydrogen) atoms. The van der Waals surface area contributed by atoms with Crippen molar-refractivity contribution in [2.24, 2.45) is 5.84 Å². The van der Waals surface area contributed by atoms with E-state index < -0.39 is 5.82 Å². The molecule has 0 atom stereocenters. The number of nitrogens with zero attached hydrogens (tertiary/aromatic N) is 2. The van der Waals surface area contributed by atoms with Gasteiger partial charge < -0.3 is 15.5 Å². The molecule has 0 unspecified atom stereocenters. The van der Waals surface area contributed by atoms with Gasteiger partial charge in [-0.1, -0.05) is 0 Å². The Morgan fingerprint density at radius 3 is 2.72 bits per heavy atom. The lowest BCUT2D eigenvalue weighted by molar-refractivity contribution is 0.414. The van der Waals surface area contributed by atoms with Crippen LogP contribution >= 0.6 is 0 Å². The second-order valence-corrected chi connectivity index (χ2v) is 3.40. The van der Waals surface area contributed by atoms with Gasteiger partial charge in [-0.15, -0.1) is 0 Å². The van der Waals surface area contributed by atoms with Crippen molar-refractivity contribution in [2.45, 2.75) is 0 Å². The van der Waals surface area contributed by atoms with Crippen LogP contribution in [0.25, 0.3) is 0 Å². The number of hydrazine groups is 1. The van der Waals surface area contributed by atoms with Crippen molar-refractivity contribution in [3.63, 3.8) is 0 Å². The van der Waals surface area contributed by atoms with Gasteiger partial charge >= 0.3 is 0 Å². The van der Waals surface area contributed by atoms with E-state index in [9.17, 15) is 4.39 Å². The van der Waals surface area contributed by atoms with Crippen LogP contribution in [0.1, 0.15) is 0 Å². The summed E-state index contributed by atoms with van der Waals surface area (Å²) in [6.07, 6.45) is 1.32. The number of aromatic nitrogens is 2. The molecular weight excluding hydrogens is 237 g/mol. The van der Waals surface area contributed by atoms with Gasteiger partial charge in [0, 0.05) is 12.1 Å². The summed E-state index contributed by atoms with van der Waals surface area (Å²) in [6.45, 7) is 0. The highest BCUT2D eigenvalue weighted by Gasteiger charge is 2.05. The predicted octanol–water partition coefficient (Wildman–Crippen LogP) is 1.65. The number of benzene rings is 1.